The molecule has 7 heteroatoms. The number of nitrogens with two attached hydrogens (primary N) is 3. The van der Waals surface area contributed by atoms with Gasteiger partial charge in [0.2, 0.25) is 0 Å². The summed E-state index contributed by atoms with van der Waals surface area (Å²) >= 11 is 0. The molecular weight excluding hydrogens is 175 g/mol. The molecule has 0 aromatic rings. The first-order valence-electron chi connectivity index (χ1n) is 3.14. The van der Waals surface area contributed by atoms with Gasteiger partial charge in [0.25, 0.3) is 8.56 Å². The molecule has 3 nitrogen and oxygen atoms in total. The van der Waals surface area contributed by atoms with Crippen LogP contribution < -0.4 is 16.2 Å². The van der Waals surface area contributed by atoms with E-state index in [1.165, 1.54) is 0 Å². The summed E-state index contributed by atoms with van der Waals surface area (Å²) < 4.78 is 34.6. The molecule has 0 unspecified atom stereocenters. The molecule has 6 N–H and O–H groups in total. The normalized spacial score (nSPS) is 13.6. The minimum Gasteiger partial charge on any atom is -0.327 e. The molecule has 68 valence electrons. The van der Waals surface area contributed by atoms with Crippen LogP contribution in [0.2, 0.25) is 6.04 Å². The van der Waals surface area contributed by atoms with Crippen LogP contribution in [0.4, 0.5) is 13.2 Å². The summed E-state index contributed by atoms with van der Waals surface area (Å²) in [5, 5.41) is 15.6. The van der Waals surface area contributed by atoms with Crippen molar-refractivity contribution in [2.45, 2.75) is 25.1 Å². The van der Waals surface area contributed by atoms with E-state index >= 15 is 0 Å². The van der Waals surface area contributed by atoms with E-state index in [2.05, 4.69) is 0 Å². The van der Waals surface area contributed by atoms with Crippen LogP contribution in [0.1, 0.15) is 12.8 Å². The molecule has 0 heterocycles. The number of hydrogen-bond acceptors (Lipinski definition) is 3. The lowest BCUT2D eigenvalue weighted by molar-refractivity contribution is -0.134. The largest absolute Gasteiger partial charge is 0.389 e. The third-order valence-corrected chi connectivity index (χ3v) is 2.29. The van der Waals surface area contributed by atoms with E-state index in [0.29, 0.717) is 0 Å². The first-order chi connectivity index (χ1) is 4.71. The zero-order valence-corrected chi connectivity index (χ0v) is 6.99. The predicted octanol–water partition coefficient (Wildman–Crippen LogP) is 0.144. The highest BCUT2D eigenvalue weighted by atomic mass is 28.4. The van der Waals surface area contributed by atoms with Gasteiger partial charge in [0, 0.05) is 6.42 Å². The second-order valence-corrected chi connectivity index (χ2v) is 5.31. The van der Waals surface area contributed by atoms with Crippen LogP contribution in [0.5, 0.6) is 0 Å². The van der Waals surface area contributed by atoms with Crippen LogP contribution in [-0.4, -0.2) is 14.7 Å². The lowest BCUT2D eigenvalue weighted by atomic mass is 10.3. The van der Waals surface area contributed by atoms with Crippen molar-refractivity contribution in [1.82, 2.24) is 0 Å². The number of halogens is 3. The van der Waals surface area contributed by atoms with Crippen molar-refractivity contribution < 1.29 is 13.2 Å². The molecule has 0 atom stereocenters. The lowest BCUT2D eigenvalue weighted by Gasteiger charge is -2.14. The average Bonchev–Trinajstić information content (AvgIpc) is 1.55. The summed E-state index contributed by atoms with van der Waals surface area (Å²) in [5.74, 6) is 0. The standard InChI is InChI=1S/C4H12F3N3Si/c5-4(6,7)2-1-3-11(8,9)10/h1-3,8-10H2. The van der Waals surface area contributed by atoms with Crippen molar-refractivity contribution in [2.24, 2.45) is 16.2 Å². The molecule has 0 aromatic carbocycles. The first kappa shape index (κ1) is 10.9. The SMILES string of the molecule is N[Si](N)(N)CCCC(F)(F)F. The van der Waals surface area contributed by atoms with Crippen LogP contribution in [0.25, 0.3) is 0 Å². The number of hydrogen-bond donors (Lipinski definition) is 3. The van der Waals surface area contributed by atoms with Gasteiger partial charge in [0.05, 0.1) is 0 Å². The van der Waals surface area contributed by atoms with Crippen molar-refractivity contribution in [3.8, 4) is 0 Å². The Labute approximate surface area is 64.0 Å². The fourth-order valence-corrected chi connectivity index (χ4v) is 1.38. The fraction of sp³-hybridized carbons (Fsp3) is 1.00. The Bertz CT molecular complexity index is 105. The van der Waals surface area contributed by atoms with E-state index in [4.69, 9.17) is 16.2 Å². The highest BCUT2D eigenvalue weighted by Gasteiger charge is 2.28. The summed E-state index contributed by atoms with van der Waals surface area (Å²) in [4.78, 5) is 0. The van der Waals surface area contributed by atoms with Gasteiger partial charge in [0.1, 0.15) is 0 Å². The van der Waals surface area contributed by atoms with Gasteiger partial charge < -0.3 is 16.2 Å². The molecule has 0 aliphatic heterocycles. The fourth-order valence-electron chi connectivity index (χ4n) is 0.595. The molecule has 0 spiro atoms. The van der Waals surface area contributed by atoms with E-state index in [1.54, 1.807) is 0 Å². The van der Waals surface area contributed by atoms with E-state index < -0.39 is 21.2 Å². The summed E-state index contributed by atoms with van der Waals surface area (Å²) in [5.41, 5.74) is 0. The van der Waals surface area contributed by atoms with E-state index in [9.17, 15) is 13.2 Å². The molecule has 0 saturated heterocycles. The third kappa shape index (κ3) is 9.89. The minimum absolute atomic E-state index is 0.0702. The number of alkyl halides is 3. The van der Waals surface area contributed by atoms with Gasteiger partial charge in [-0.05, 0) is 12.5 Å². The summed E-state index contributed by atoms with van der Waals surface area (Å²) in [6.07, 6.45) is -5.05. The van der Waals surface area contributed by atoms with Crippen molar-refractivity contribution in [1.29, 1.82) is 0 Å². The molecule has 0 saturated carbocycles. The quantitative estimate of drug-likeness (QED) is 0.550. The Kier molecular flexibility index (Phi) is 3.49. The Morgan fingerprint density at radius 3 is 1.82 bits per heavy atom. The molecule has 0 amide bonds. The molecular formula is C4H12F3N3Si. The Hall–Kier alpha value is -0.113. The lowest BCUT2D eigenvalue weighted by Crippen LogP contribution is -2.64. The smallest absolute Gasteiger partial charge is 0.327 e. The molecule has 0 rings (SSSR count). The van der Waals surface area contributed by atoms with Gasteiger partial charge in [-0.2, -0.15) is 13.2 Å². The first-order valence-corrected chi connectivity index (χ1v) is 5.58. The van der Waals surface area contributed by atoms with Gasteiger partial charge in [-0.1, -0.05) is 0 Å². The predicted molar refractivity (Wildman–Crippen MR) is 38.4 cm³/mol. The van der Waals surface area contributed by atoms with E-state index in [-0.39, 0.29) is 12.5 Å². The maximum atomic E-state index is 11.5. The average molecular weight is 187 g/mol. The highest BCUT2D eigenvalue weighted by Crippen LogP contribution is 2.22. The Morgan fingerprint density at radius 2 is 1.55 bits per heavy atom. The van der Waals surface area contributed by atoms with Crippen molar-refractivity contribution in [3.05, 3.63) is 0 Å². The molecule has 0 aliphatic carbocycles. The van der Waals surface area contributed by atoms with Crippen molar-refractivity contribution >= 4 is 8.56 Å². The third-order valence-electron chi connectivity index (χ3n) is 1.07. The zero-order chi connectivity index (χ0) is 9.12. The van der Waals surface area contributed by atoms with Crippen molar-refractivity contribution in [2.75, 3.05) is 0 Å². The molecule has 0 aromatic heterocycles. The van der Waals surface area contributed by atoms with Gasteiger partial charge in [-0.25, -0.2) is 0 Å². The van der Waals surface area contributed by atoms with E-state index in [1.807, 2.05) is 0 Å². The number of rotatable bonds is 3. The molecule has 0 bridgehead atoms. The zero-order valence-electron chi connectivity index (χ0n) is 5.99. The Balaban J connectivity index is 3.44. The van der Waals surface area contributed by atoms with Crippen molar-refractivity contribution in [3.63, 3.8) is 0 Å². The van der Waals surface area contributed by atoms with Gasteiger partial charge in [0.15, 0.2) is 0 Å². The Morgan fingerprint density at radius 1 is 1.09 bits per heavy atom. The molecule has 0 radical (unpaired) electrons. The van der Waals surface area contributed by atoms with Gasteiger partial charge in [-0.3, -0.25) is 0 Å². The summed E-state index contributed by atoms with van der Waals surface area (Å²) in [7, 11) is -2.76. The monoisotopic (exact) mass is 187 g/mol. The summed E-state index contributed by atoms with van der Waals surface area (Å²) in [6.45, 7) is 0. The molecule has 0 fully saturated rings. The van der Waals surface area contributed by atoms with Crippen LogP contribution in [0, 0.1) is 0 Å². The molecule has 0 aliphatic rings. The van der Waals surface area contributed by atoms with E-state index in [0.717, 1.165) is 0 Å². The highest BCUT2D eigenvalue weighted by molar-refractivity contribution is 6.70. The van der Waals surface area contributed by atoms with Gasteiger partial charge >= 0.3 is 6.18 Å². The second-order valence-electron chi connectivity index (χ2n) is 2.58. The second kappa shape index (κ2) is 3.52. The molecule has 11 heavy (non-hydrogen) atoms. The topological polar surface area (TPSA) is 78.1 Å². The maximum absolute atomic E-state index is 11.5. The van der Waals surface area contributed by atoms with Crippen LogP contribution in [0.3, 0.4) is 0 Å². The maximum Gasteiger partial charge on any atom is 0.389 e. The van der Waals surface area contributed by atoms with Crippen LogP contribution >= 0.6 is 0 Å². The van der Waals surface area contributed by atoms with Crippen LogP contribution in [-0.2, 0) is 0 Å². The minimum atomic E-state index is -4.13. The van der Waals surface area contributed by atoms with Gasteiger partial charge in [-0.15, -0.1) is 0 Å². The van der Waals surface area contributed by atoms with Crippen LogP contribution in [0.15, 0.2) is 0 Å². The summed E-state index contributed by atoms with van der Waals surface area (Å²) in [6, 6.07) is 0.104.